The molecule has 1 aliphatic heterocycles. The molecule has 206 valence electrons. The van der Waals surface area contributed by atoms with E-state index in [2.05, 4.69) is 6.92 Å². The van der Waals surface area contributed by atoms with Crippen LogP contribution in [0.1, 0.15) is 135 Å². The first-order chi connectivity index (χ1) is 17.2. The molecule has 5 nitrogen and oxygen atoms in total. The minimum Gasteiger partial charge on any atom is -0.394 e. The molecule has 0 aromatic rings. The molecule has 0 aliphatic carbocycles. The van der Waals surface area contributed by atoms with Gasteiger partial charge in [0, 0.05) is 12.6 Å². The average molecular weight is 497 g/mol. The van der Waals surface area contributed by atoms with Crippen LogP contribution >= 0.6 is 0 Å². The first kappa shape index (κ1) is 32.9. The Bertz CT molecular complexity index is 439. The predicted molar refractivity (Wildman–Crippen MR) is 146 cm³/mol. The van der Waals surface area contributed by atoms with Gasteiger partial charge in [-0.05, 0) is 6.42 Å². The zero-order valence-electron chi connectivity index (χ0n) is 23.0. The van der Waals surface area contributed by atoms with Crippen LogP contribution < -0.4 is 0 Å². The Morgan fingerprint density at radius 1 is 0.629 bits per heavy atom. The van der Waals surface area contributed by atoms with E-state index in [0.717, 1.165) is 13.0 Å². The minimum atomic E-state index is -0.889. The zero-order valence-corrected chi connectivity index (χ0v) is 23.0. The van der Waals surface area contributed by atoms with Gasteiger partial charge in [0.1, 0.15) is 26.2 Å². The smallest absolute Gasteiger partial charge is 0.112 e. The van der Waals surface area contributed by atoms with Crippen molar-refractivity contribution in [3.05, 3.63) is 0 Å². The van der Waals surface area contributed by atoms with E-state index >= 15 is 0 Å². The van der Waals surface area contributed by atoms with E-state index < -0.39 is 24.3 Å². The van der Waals surface area contributed by atoms with Crippen molar-refractivity contribution >= 4 is 7.85 Å². The molecule has 0 aromatic heterocycles. The third kappa shape index (κ3) is 17.9. The third-order valence-electron chi connectivity index (χ3n) is 7.23. The summed E-state index contributed by atoms with van der Waals surface area (Å²) in [5, 5.41) is 19.1. The van der Waals surface area contributed by atoms with Crippen molar-refractivity contribution in [2.45, 2.75) is 160 Å². The summed E-state index contributed by atoms with van der Waals surface area (Å²) in [5.41, 5.74) is 0. The molecular weight excluding hydrogens is 439 g/mol. The van der Waals surface area contributed by atoms with Gasteiger partial charge in [0.05, 0.1) is 19.8 Å². The van der Waals surface area contributed by atoms with Crippen LogP contribution in [0.5, 0.6) is 0 Å². The maximum Gasteiger partial charge on any atom is 0.112 e. The van der Waals surface area contributed by atoms with Gasteiger partial charge in [-0.15, -0.1) is 0 Å². The summed E-state index contributed by atoms with van der Waals surface area (Å²) in [6, 6.07) is -0.702. The van der Waals surface area contributed by atoms with Gasteiger partial charge in [0.15, 0.2) is 0 Å². The van der Waals surface area contributed by atoms with Crippen LogP contribution in [-0.4, -0.2) is 68.8 Å². The first-order valence-electron chi connectivity index (χ1n) is 15.1. The fraction of sp³-hybridized carbons (Fsp3) is 1.00. The van der Waals surface area contributed by atoms with E-state index in [4.69, 9.17) is 27.2 Å². The highest BCUT2D eigenvalue weighted by Crippen LogP contribution is 2.22. The number of aliphatic hydroxyl groups excluding tert-OH is 2. The van der Waals surface area contributed by atoms with Gasteiger partial charge in [-0.2, -0.15) is 0 Å². The normalized spacial score (nSPS) is 22.3. The lowest BCUT2D eigenvalue weighted by molar-refractivity contribution is -0.0465. The summed E-state index contributed by atoms with van der Waals surface area (Å²) in [6.45, 7) is 3.63. The van der Waals surface area contributed by atoms with Gasteiger partial charge in [0.2, 0.25) is 0 Å². The second-order valence-corrected chi connectivity index (χ2v) is 10.5. The Kier molecular flexibility index (Phi) is 22.8. The third-order valence-corrected chi connectivity index (χ3v) is 7.23. The molecule has 4 atom stereocenters. The van der Waals surface area contributed by atoms with Crippen molar-refractivity contribution in [1.82, 2.24) is 0 Å². The lowest BCUT2D eigenvalue weighted by Gasteiger charge is -2.18. The van der Waals surface area contributed by atoms with Crippen LogP contribution in [0.2, 0.25) is 0 Å². The quantitative estimate of drug-likeness (QED) is 0.106. The second-order valence-electron chi connectivity index (χ2n) is 10.5. The molecule has 6 heteroatoms. The topological polar surface area (TPSA) is 68.2 Å². The fourth-order valence-corrected chi connectivity index (χ4v) is 4.91. The van der Waals surface area contributed by atoms with E-state index in [0.29, 0.717) is 13.2 Å². The number of hydrogen-bond donors (Lipinski definition) is 2. The van der Waals surface area contributed by atoms with Gasteiger partial charge in [-0.1, -0.05) is 129 Å². The molecule has 3 unspecified atom stereocenters. The van der Waals surface area contributed by atoms with Crippen LogP contribution in [0.15, 0.2) is 0 Å². The molecule has 1 heterocycles. The molecule has 1 aliphatic rings. The lowest BCUT2D eigenvalue weighted by atomic mass is 9.93. The molecule has 2 radical (unpaired) electrons. The van der Waals surface area contributed by atoms with E-state index in [1.807, 2.05) is 0 Å². The number of rotatable bonds is 26. The summed E-state index contributed by atoms with van der Waals surface area (Å²) >= 11 is 0. The van der Waals surface area contributed by atoms with E-state index in [1.54, 1.807) is 0 Å². The molecule has 0 bridgehead atoms. The van der Waals surface area contributed by atoms with E-state index in [1.165, 1.54) is 122 Å². The molecule has 0 aromatic carbocycles. The monoisotopic (exact) mass is 496 g/mol. The predicted octanol–water partition coefficient (Wildman–Crippen LogP) is 6.46. The van der Waals surface area contributed by atoms with Crippen molar-refractivity contribution in [3.8, 4) is 0 Å². The number of ether oxygens (including phenoxy) is 3. The number of hydrogen-bond acceptors (Lipinski definition) is 5. The standard InChI is InChI=1S/C29H57BO5/c1-2-3-4-5-6-7-8-9-10-11-12-13-14-15-16-17-18-19-20-21-22-33-23-24-34-28-27(32)26(25-31)35-29(28)30/h26-29,31-32H,2-25H2,1H3/t26?,27?,28-,29?/m0/s1. The van der Waals surface area contributed by atoms with Gasteiger partial charge in [-0.25, -0.2) is 0 Å². The van der Waals surface area contributed by atoms with Crippen LogP contribution in [0.25, 0.3) is 0 Å². The largest absolute Gasteiger partial charge is 0.394 e. The van der Waals surface area contributed by atoms with E-state index in [-0.39, 0.29) is 6.61 Å². The highest BCUT2D eigenvalue weighted by atomic mass is 16.6. The van der Waals surface area contributed by atoms with Crippen molar-refractivity contribution in [3.63, 3.8) is 0 Å². The molecule has 2 N–H and O–H groups in total. The Morgan fingerprint density at radius 2 is 1.06 bits per heavy atom. The molecule has 1 saturated heterocycles. The van der Waals surface area contributed by atoms with Gasteiger partial charge < -0.3 is 24.4 Å². The van der Waals surface area contributed by atoms with Crippen molar-refractivity contribution in [2.75, 3.05) is 26.4 Å². The molecule has 0 saturated carbocycles. The van der Waals surface area contributed by atoms with Crippen molar-refractivity contribution < 1.29 is 24.4 Å². The molecule has 0 spiro atoms. The van der Waals surface area contributed by atoms with Crippen molar-refractivity contribution in [1.29, 1.82) is 0 Å². The van der Waals surface area contributed by atoms with Gasteiger partial charge >= 0.3 is 0 Å². The highest BCUT2D eigenvalue weighted by Gasteiger charge is 2.41. The van der Waals surface area contributed by atoms with Gasteiger partial charge in [-0.3, -0.25) is 0 Å². The minimum absolute atomic E-state index is 0.259. The molecule has 35 heavy (non-hydrogen) atoms. The summed E-state index contributed by atoms with van der Waals surface area (Å²) in [6.07, 6.45) is 25.6. The maximum atomic E-state index is 9.97. The summed E-state index contributed by atoms with van der Waals surface area (Å²) in [4.78, 5) is 0. The maximum absolute atomic E-state index is 9.97. The molecular formula is C29H57BO5. The highest BCUT2D eigenvalue weighted by molar-refractivity contribution is 6.11. The summed E-state index contributed by atoms with van der Waals surface area (Å²) in [7, 11) is 5.77. The van der Waals surface area contributed by atoms with Crippen LogP contribution in [0.3, 0.4) is 0 Å². The molecule has 1 rings (SSSR count). The Hall–Kier alpha value is -0.135. The van der Waals surface area contributed by atoms with Crippen LogP contribution in [0.4, 0.5) is 0 Å². The second kappa shape index (κ2) is 24.2. The van der Waals surface area contributed by atoms with Crippen molar-refractivity contribution in [2.24, 2.45) is 0 Å². The van der Waals surface area contributed by atoms with Gasteiger partial charge in [0.25, 0.3) is 0 Å². The lowest BCUT2D eigenvalue weighted by Crippen LogP contribution is -2.37. The Balaban J connectivity index is 1.70. The number of unbranched alkanes of at least 4 members (excludes halogenated alkanes) is 19. The van der Waals surface area contributed by atoms with Crippen LogP contribution in [0, 0.1) is 0 Å². The van der Waals surface area contributed by atoms with E-state index in [9.17, 15) is 5.11 Å². The SMILES string of the molecule is [B]C1OC(CO)C(O)[C@@H]1OCCOCCCCCCCCCCCCCCCCCCCCCC. The van der Waals surface area contributed by atoms with Crippen LogP contribution in [-0.2, 0) is 14.2 Å². The first-order valence-corrected chi connectivity index (χ1v) is 15.1. The summed E-state index contributed by atoms with van der Waals surface area (Å²) < 4.78 is 16.4. The Labute approximate surface area is 218 Å². The Morgan fingerprint density at radius 3 is 1.46 bits per heavy atom. The molecule has 1 fully saturated rings. The average Bonchev–Trinajstić information content (AvgIpc) is 3.14. The zero-order chi connectivity index (χ0) is 25.4. The summed E-state index contributed by atoms with van der Waals surface area (Å²) in [5.74, 6) is 0. The molecule has 0 amide bonds. The fourth-order valence-electron chi connectivity index (χ4n) is 4.91. The number of aliphatic hydroxyl groups is 2.